The van der Waals surface area contributed by atoms with Crippen LogP contribution in [0.25, 0.3) is 16.3 Å². The zero-order valence-electron chi connectivity index (χ0n) is 16.7. The molecule has 1 aromatic carbocycles. The third kappa shape index (κ3) is 5.20. The smallest absolute Gasteiger partial charge is 0.291 e. The highest BCUT2D eigenvalue weighted by molar-refractivity contribution is 7.98. The van der Waals surface area contributed by atoms with Crippen LogP contribution in [0.1, 0.15) is 23.4 Å². The zero-order valence-corrected chi connectivity index (χ0v) is 18.3. The first-order valence-corrected chi connectivity index (χ1v) is 11.4. The second kappa shape index (κ2) is 10.2. The van der Waals surface area contributed by atoms with Crippen molar-refractivity contribution in [2.75, 3.05) is 20.3 Å². The predicted octanol–water partition coefficient (Wildman–Crippen LogP) is 5.50. The Morgan fingerprint density at radius 3 is 2.74 bits per heavy atom. The van der Waals surface area contributed by atoms with Gasteiger partial charge in [-0.3, -0.25) is 4.40 Å². The summed E-state index contributed by atoms with van der Waals surface area (Å²) in [5.74, 6) is 1.92. The van der Waals surface area contributed by atoms with Gasteiger partial charge in [-0.05, 0) is 11.6 Å². The van der Waals surface area contributed by atoms with E-state index in [1.807, 2.05) is 34.9 Å². The van der Waals surface area contributed by atoms with E-state index in [4.69, 9.17) is 9.47 Å². The van der Waals surface area contributed by atoms with Crippen molar-refractivity contribution < 1.29 is 18.3 Å². The van der Waals surface area contributed by atoms with Gasteiger partial charge in [-0.2, -0.15) is 0 Å². The van der Waals surface area contributed by atoms with Crippen molar-refractivity contribution in [2.45, 2.75) is 23.5 Å². The van der Waals surface area contributed by atoms with Crippen LogP contribution in [0, 0.1) is 0 Å². The van der Waals surface area contributed by atoms with Gasteiger partial charge < -0.3 is 9.47 Å². The molecular weight excluding hydrogens is 442 g/mol. The Morgan fingerprint density at radius 2 is 2.00 bits per heavy atom. The molecular formula is C21H20F2N4O2S2. The first-order valence-electron chi connectivity index (χ1n) is 9.57. The molecule has 4 rings (SSSR count). The van der Waals surface area contributed by atoms with Crippen molar-refractivity contribution in [3.05, 3.63) is 59.4 Å². The molecule has 4 aromatic rings. The number of ether oxygens (including phenoxy) is 2. The average Bonchev–Trinajstić information content (AvgIpc) is 3.43. The number of thioether (sulfide) groups is 1. The number of methoxy groups -OCH3 is 1. The topological polar surface area (TPSA) is 61.5 Å². The van der Waals surface area contributed by atoms with Crippen LogP contribution in [-0.4, -0.2) is 39.9 Å². The van der Waals surface area contributed by atoms with Gasteiger partial charge >= 0.3 is 0 Å². The average molecular weight is 463 g/mol. The van der Waals surface area contributed by atoms with Crippen molar-refractivity contribution in [3.8, 4) is 16.6 Å². The van der Waals surface area contributed by atoms with Gasteiger partial charge in [-0.15, -0.1) is 22.0 Å². The number of nitrogens with zero attached hydrogens (tertiary/aromatic N) is 4. The Morgan fingerprint density at radius 1 is 1.16 bits per heavy atom. The first kappa shape index (κ1) is 21.7. The van der Waals surface area contributed by atoms with Crippen LogP contribution in [0.5, 0.6) is 5.75 Å². The molecule has 0 aliphatic carbocycles. The molecule has 0 aliphatic rings. The Hall–Kier alpha value is -2.56. The number of hydrogen-bond acceptors (Lipinski definition) is 7. The normalized spacial score (nSPS) is 11.5. The second-order valence-corrected chi connectivity index (χ2v) is 8.65. The molecule has 3 heterocycles. The molecule has 0 amide bonds. The number of halogens is 2. The third-order valence-electron chi connectivity index (χ3n) is 4.40. The van der Waals surface area contributed by atoms with Crippen LogP contribution in [0.4, 0.5) is 8.78 Å². The molecule has 0 aliphatic heterocycles. The summed E-state index contributed by atoms with van der Waals surface area (Å²) in [5, 5.41) is 7.51. The molecule has 0 bridgehead atoms. The number of benzene rings is 1. The Labute approximate surface area is 186 Å². The summed E-state index contributed by atoms with van der Waals surface area (Å²) in [4.78, 5) is 5.38. The molecule has 162 valence electrons. The maximum Gasteiger partial charge on any atom is 0.291 e. The maximum absolute atomic E-state index is 13.0. The van der Waals surface area contributed by atoms with E-state index in [1.165, 1.54) is 5.56 Å². The molecule has 0 saturated heterocycles. The number of alkyl halides is 2. The number of rotatable bonds is 10. The highest BCUT2D eigenvalue weighted by atomic mass is 32.2. The first-order chi connectivity index (χ1) is 15.2. The number of fused-ring (bicyclic) bond motifs is 1. The fourth-order valence-corrected chi connectivity index (χ4v) is 4.52. The van der Waals surface area contributed by atoms with E-state index >= 15 is 0 Å². The lowest BCUT2D eigenvalue weighted by Crippen LogP contribution is -2.03. The Balaban J connectivity index is 1.67. The second-order valence-electron chi connectivity index (χ2n) is 6.59. The SMILES string of the molecule is COCCCOc1cc(SCc2ccccc2)cn2c(-c3nnc(C(F)F)s3)ncc12. The van der Waals surface area contributed by atoms with Crippen LogP contribution in [0.15, 0.2) is 53.7 Å². The van der Waals surface area contributed by atoms with E-state index in [-0.39, 0.29) is 5.01 Å². The van der Waals surface area contributed by atoms with Crippen LogP contribution in [0.2, 0.25) is 0 Å². The van der Waals surface area contributed by atoms with Gasteiger partial charge in [-0.1, -0.05) is 41.7 Å². The Kier molecular flexibility index (Phi) is 7.10. The summed E-state index contributed by atoms with van der Waals surface area (Å²) in [6, 6.07) is 12.1. The van der Waals surface area contributed by atoms with Gasteiger partial charge in [0, 0.05) is 37.0 Å². The van der Waals surface area contributed by atoms with Crippen molar-refractivity contribution in [1.29, 1.82) is 0 Å². The lowest BCUT2D eigenvalue weighted by molar-refractivity contribution is 0.150. The molecule has 0 unspecified atom stereocenters. The summed E-state index contributed by atoms with van der Waals surface area (Å²) in [6.45, 7) is 1.09. The quantitative estimate of drug-likeness (QED) is 0.229. The largest absolute Gasteiger partial charge is 0.491 e. The van der Waals surface area contributed by atoms with E-state index < -0.39 is 6.43 Å². The fourth-order valence-electron chi connectivity index (χ4n) is 2.93. The lowest BCUT2D eigenvalue weighted by atomic mass is 10.2. The molecule has 0 N–H and O–H groups in total. The monoisotopic (exact) mass is 462 g/mol. The van der Waals surface area contributed by atoms with Crippen molar-refractivity contribution in [3.63, 3.8) is 0 Å². The fraction of sp³-hybridized carbons (Fsp3) is 0.286. The van der Waals surface area contributed by atoms with Gasteiger partial charge in [0.2, 0.25) is 0 Å². The van der Waals surface area contributed by atoms with Crippen molar-refractivity contribution >= 4 is 28.6 Å². The molecule has 0 fully saturated rings. The van der Waals surface area contributed by atoms with Gasteiger partial charge in [0.15, 0.2) is 15.8 Å². The van der Waals surface area contributed by atoms with E-state index in [9.17, 15) is 8.78 Å². The number of aromatic nitrogens is 4. The van der Waals surface area contributed by atoms with Crippen LogP contribution < -0.4 is 4.74 Å². The minimum atomic E-state index is -2.66. The minimum absolute atomic E-state index is 0.322. The molecule has 6 nitrogen and oxygen atoms in total. The van der Waals surface area contributed by atoms with Crippen LogP contribution in [-0.2, 0) is 10.5 Å². The van der Waals surface area contributed by atoms with Gasteiger partial charge in [0.1, 0.15) is 11.3 Å². The Bertz CT molecular complexity index is 1140. The van der Waals surface area contributed by atoms with E-state index in [0.29, 0.717) is 29.8 Å². The van der Waals surface area contributed by atoms with Crippen molar-refractivity contribution in [2.24, 2.45) is 0 Å². The van der Waals surface area contributed by atoms with E-state index in [1.54, 1.807) is 25.1 Å². The molecule has 0 spiro atoms. The summed E-state index contributed by atoms with van der Waals surface area (Å²) >= 11 is 2.50. The summed E-state index contributed by atoms with van der Waals surface area (Å²) < 4.78 is 38.9. The minimum Gasteiger partial charge on any atom is -0.491 e. The van der Waals surface area contributed by atoms with E-state index in [2.05, 4.69) is 27.3 Å². The number of pyridine rings is 1. The summed E-state index contributed by atoms with van der Waals surface area (Å²) in [7, 11) is 1.65. The maximum atomic E-state index is 13.0. The molecule has 0 saturated carbocycles. The van der Waals surface area contributed by atoms with Crippen molar-refractivity contribution in [1.82, 2.24) is 19.6 Å². The molecule has 31 heavy (non-hydrogen) atoms. The van der Waals surface area contributed by atoms with Gasteiger partial charge in [0.25, 0.3) is 6.43 Å². The highest BCUT2D eigenvalue weighted by Gasteiger charge is 2.19. The van der Waals surface area contributed by atoms with Crippen LogP contribution in [0.3, 0.4) is 0 Å². The molecule has 3 aromatic heterocycles. The predicted molar refractivity (Wildman–Crippen MR) is 117 cm³/mol. The lowest BCUT2D eigenvalue weighted by Gasteiger charge is -2.11. The third-order valence-corrected chi connectivity index (χ3v) is 6.36. The summed E-state index contributed by atoms with van der Waals surface area (Å²) in [6.07, 6.45) is 1.68. The number of hydrogen-bond donors (Lipinski definition) is 0. The number of imidazole rings is 1. The van der Waals surface area contributed by atoms with Gasteiger partial charge in [-0.25, -0.2) is 13.8 Å². The molecule has 0 atom stereocenters. The summed E-state index contributed by atoms with van der Waals surface area (Å²) in [5.41, 5.74) is 1.94. The van der Waals surface area contributed by atoms with Crippen LogP contribution >= 0.6 is 23.1 Å². The van der Waals surface area contributed by atoms with E-state index in [0.717, 1.165) is 33.9 Å². The molecule has 10 heteroatoms. The zero-order chi connectivity index (χ0) is 21.6. The van der Waals surface area contributed by atoms with Gasteiger partial charge in [0.05, 0.1) is 12.8 Å². The highest BCUT2D eigenvalue weighted by Crippen LogP contribution is 2.34. The standard InChI is InChI=1S/C21H20F2N4O2S2/c1-28-8-5-9-29-17-10-15(30-13-14-6-3-2-4-7-14)12-27-16(17)11-24-19(27)21-26-25-20(31-21)18(22)23/h2-4,6-7,10-12,18H,5,8-9,13H2,1H3. The molecule has 0 radical (unpaired) electrons.